The second-order valence-electron chi connectivity index (χ2n) is 6.82. The number of benzene rings is 2. The lowest BCUT2D eigenvalue weighted by atomic mass is 9.96. The molecule has 0 bridgehead atoms. The standard InChI is InChI=1S/C20H24N2O4/c1-20(2)19(21-11-12-25-3)26-15-10-9-14(18(24)16(15)22-20)17(23)13-7-5-4-6-8-13/h4-10,19,21-22,24H,11-12H2,1-3H3. The van der Waals surface area contributed by atoms with Crippen LogP contribution in [0.2, 0.25) is 0 Å². The van der Waals surface area contributed by atoms with Crippen LogP contribution in [-0.2, 0) is 4.74 Å². The van der Waals surface area contributed by atoms with E-state index in [0.717, 1.165) is 0 Å². The zero-order valence-corrected chi connectivity index (χ0v) is 15.2. The predicted molar refractivity (Wildman–Crippen MR) is 100.0 cm³/mol. The van der Waals surface area contributed by atoms with Crippen molar-refractivity contribution in [2.75, 3.05) is 25.6 Å². The SMILES string of the molecule is COCCNC1Oc2ccc(C(=O)c3ccccc3)c(O)c2NC1(C)C. The number of hydrogen-bond donors (Lipinski definition) is 3. The second kappa shape index (κ2) is 7.35. The fourth-order valence-corrected chi connectivity index (χ4v) is 2.97. The largest absolute Gasteiger partial charge is 0.505 e. The van der Waals surface area contributed by atoms with Gasteiger partial charge in [0.15, 0.2) is 17.8 Å². The first-order chi connectivity index (χ1) is 12.4. The van der Waals surface area contributed by atoms with Gasteiger partial charge in [-0.25, -0.2) is 0 Å². The Bertz CT molecular complexity index is 790. The summed E-state index contributed by atoms with van der Waals surface area (Å²) >= 11 is 0. The number of phenolic OH excluding ortho intramolecular Hbond substituents is 1. The highest BCUT2D eigenvalue weighted by molar-refractivity contribution is 6.11. The van der Waals surface area contributed by atoms with Gasteiger partial charge >= 0.3 is 0 Å². The lowest BCUT2D eigenvalue weighted by molar-refractivity contribution is 0.0839. The molecule has 2 aromatic carbocycles. The van der Waals surface area contributed by atoms with Gasteiger partial charge in [0.05, 0.1) is 17.7 Å². The van der Waals surface area contributed by atoms with Gasteiger partial charge in [0.2, 0.25) is 0 Å². The topological polar surface area (TPSA) is 79.8 Å². The third-order valence-electron chi connectivity index (χ3n) is 4.40. The molecule has 138 valence electrons. The van der Waals surface area contributed by atoms with E-state index in [-0.39, 0.29) is 23.3 Å². The molecule has 1 unspecified atom stereocenters. The maximum atomic E-state index is 12.7. The predicted octanol–water partition coefficient (Wildman–Crippen LogP) is 2.77. The average molecular weight is 356 g/mol. The number of ether oxygens (including phenoxy) is 2. The number of hydrogen-bond acceptors (Lipinski definition) is 6. The molecule has 0 amide bonds. The number of fused-ring (bicyclic) bond motifs is 1. The Morgan fingerprint density at radius 3 is 2.69 bits per heavy atom. The lowest BCUT2D eigenvalue weighted by Crippen LogP contribution is -2.57. The molecule has 0 spiro atoms. The van der Waals surface area contributed by atoms with E-state index in [1.807, 2.05) is 19.9 Å². The van der Waals surface area contributed by atoms with Crippen molar-refractivity contribution in [3.05, 3.63) is 53.6 Å². The fourth-order valence-electron chi connectivity index (χ4n) is 2.97. The molecular formula is C20H24N2O4. The van der Waals surface area contributed by atoms with Crippen LogP contribution in [0.3, 0.4) is 0 Å². The van der Waals surface area contributed by atoms with Gasteiger partial charge in [0.25, 0.3) is 0 Å². The Balaban J connectivity index is 1.89. The Morgan fingerprint density at radius 1 is 1.27 bits per heavy atom. The maximum Gasteiger partial charge on any atom is 0.196 e. The lowest BCUT2D eigenvalue weighted by Gasteiger charge is -2.41. The first kappa shape index (κ1) is 18.2. The minimum Gasteiger partial charge on any atom is -0.505 e. The Hall–Kier alpha value is -2.57. The Morgan fingerprint density at radius 2 is 2.00 bits per heavy atom. The molecular weight excluding hydrogens is 332 g/mol. The van der Waals surface area contributed by atoms with E-state index < -0.39 is 5.54 Å². The molecule has 1 heterocycles. The number of nitrogens with one attached hydrogen (secondary N) is 2. The number of rotatable bonds is 6. The first-order valence-corrected chi connectivity index (χ1v) is 8.57. The quantitative estimate of drug-likeness (QED) is 0.420. The highest BCUT2D eigenvalue weighted by Gasteiger charge is 2.38. The summed E-state index contributed by atoms with van der Waals surface area (Å²) < 4.78 is 11.1. The van der Waals surface area contributed by atoms with Crippen LogP contribution >= 0.6 is 0 Å². The number of carbonyl (C=O) groups is 1. The van der Waals surface area contributed by atoms with Crippen molar-refractivity contribution in [1.29, 1.82) is 0 Å². The number of methoxy groups -OCH3 is 1. The highest BCUT2D eigenvalue weighted by Crippen LogP contribution is 2.43. The van der Waals surface area contributed by atoms with Crippen molar-refractivity contribution in [2.45, 2.75) is 25.6 Å². The summed E-state index contributed by atoms with van der Waals surface area (Å²) in [4.78, 5) is 12.7. The molecule has 0 radical (unpaired) electrons. The smallest absolute Gasteiger partial charge is 0.196 e. The number of ketones is 1. The van der Waals surface area contributed by atoms with Crippen LogP contribution < -0.4 is 15.4 Å². The summed E-state index contributed by atoms with van der Waals surface area (Å²) in [5.41, 5.74) is 0.708. The van der Waals surface area contributed by atoms with Gasteiger partial charge in [0.1, 0.15) is 11.4 Å². The number of aromatic hydroxyl groups is 1. The summed E-state index contributed by atoms with van der Waals surface area (Å²) in [6.07, 6.45) is -0.305. The second-order valence-corrected chi connectivity index (χ2v) is 6.82. The van der Waals surface area contributed by atoms with Crippen molar-refractivity contribution >= 4 is 11.5 Å². The third-order valence-corrected chi connectivity index (χ3v) is 4.40. The van der Waals surface area contributed by atoms with Gasteiger partial charge < -0.3 is 19.9 Å². The van der Waals surface area contributed by atoms with Gasteiger partial charge in [-0.3, -0.25) is 10.1 Å². The van der Waals surface area contributed by atoms with E-state index in [0.29, 0.717) is 30.2 Å². The molecule has 3 rings (SSSR count). The zero-order chi connectivity index (χ0) is 18.7. The van der Waals surface area contributed by atoms with Gasteiger partial charge in [-0.15, -0.1) is 0 Å². The van der Waals surface area contributed by atoms with Crippen LogP contribution in [0.5, 0.6) is 11.5 Å². The maximum absolute atomic E-state index is 12.7. The molecule has 0 fully saturated rings. The summed E-state index contributed by atoms with van der Waals surface area (Å²) in [5.74, 6) is 0.173. The van der Waals surface area contributed by atoms with Crippen molar-refractivity contribution < 1.29 is 19.4 Å². The van der Waals surface area contributed by atoms with E-state index in [4.69, 9.17) is 9.47 Å². The molecule has 0 aliphatic carbocycles. The van der Waals surface area contributed by atoms with Crippen molar-refractivity contribution in [3.63, 3.8) is 0 Å². The van der Waals surface area contributed by atoms with E-state index in [1.165, 1.54) is 0 Å². The molecule has 1 aliphatic rings. The van der Waals surface area contributed by atoms with Crippen LogP contribution in [0.4, 0.5) is 5.69 Å². The molecule has 6 heteroatoms. The van der Waals surface area contributed by atoms with Gasteiger partial charge in [-0.1, -0.05) is 30.3 Å². The molecule has 0 aromatic heterocycles. The molecule has 6 nitrogen and oxygen atoms in total. The van der Waals surface area contributed by atoms with E-state index in [2.05, 4.69) is 10.6 Å². The van der Waals surface area contributed by atoms with Gasteiger partial charge in [-0.05, 0) is 26.0 Å². The zero-order valence-electron chi connectivity index (χ0n) is 15.2. The number of phenols is 1. The summed E-state index contributed by atoms with van der Waals surface area (Å²) in [6, 6.07) is 12.2. The van der Waals surface area contributed by atoms with Gasteiger partial charge in [0, 0.05) is 19.2 Å². The Labute approximate surface area is 153 Å². The molecule has 0 saturated heterocycles. The fraction of sp³-hybridized carbons (Fsp3) is 0.350. The summed E-state index contributed by atoms with van der Waals surface area (Å²) in [7, 11) is 1.64. The monoisotopic (exact) mass is 356 g/mol. The average Bonchev–Trinajstić information content (AvgIpc) is 2.63. The first-order valence-electron chi connectivity index (χ1n) is 8.57. The minimum atomic E-state index is -0.493. The number of anilines is 1. The van der Waals surface area contributed by atoms with E-state index in [9.17, 15) is 9.90 Å². The minimum absolute atomic E-state index is 0.0974. The summed E-state index contributed by atoms with van der Waals surface area (Å²) in [6.45, 7) is 5.13. The molecule has 26 heavy (non-hydrogen) atoms. The van der Waals surface area contributed by atoms with E-state index in [1.54, 1.807) is 43.5 Å². The molecule has 1 aliphatic heterocycles. The number of carbonyl (C=O) groups excluding carboxylic acids is 1. The molecule has 2 aromatic rings. The van der Waals surface area contributed by atoms with Crippen LogP contribution in [0.25, 0.3) is 0 Å². The van der Waals surface area contributed by atoms with Crippen LogP contribution in [0.15, 0.2) is 42.5 Å². The van der Waals surface area contributed by atoms with Crippen LogP contribution in [0, 0.1) is 0 Å². The molecule has 3 N–H and O–H groups in total. The van der Waals surface area contributed by atoms with Crippen LogP contribution in [-0.4, -0.2) is 42.9 Å². The van der Waals surface area contributed by atoms with Crippen LogP contribution in [0.1, 0.15) is 29.8 Å². The van der Waals surface area contributed by atoms with Crippen molar-refractivity contribution in [3.8, 4) is 11.5 Å². The van der Waals surface area contributed by atoms with E-state index >= 15 is 0 Å². The van der Waals surface area contributed by atoms with Crippen molar-refractivity contribution in [2.24, 2.45) is 0 Å². The normalized spacial score (nSPS) is 17.7. The summed E-state index contributed by atoms with van der Waals surface area (Å²) in [5, 5.41) is 17.3. The van der Waals surface area contributed by atoms with Crippen molar-refractivity contribution in [1.82, 2.24) is 5.32 Å². The third kappa shape index (κ3) is 3.52. The van der Waals surface area contributed by atoms with Gasteiger partial charge in [-0.2, -0.15) is 0 Å². The Kier molecular flexibility index (Phi) is 5.15. The molecule has 1 atom stereocenters. The molecule has 0 saturated carbocycles. The highest BCUT2D eigenvalue weighted by atomic mass is 16.5.